The smallest absolute Gasteiger partial charge is 0.00978 e. The fourth-order valence-corrected chi connectivity index (χ4v) is 3.70. The van der Waals surface area contributed by atoms with Gasteiger partial charge in [0.25, 0.3) is 0 Å². The summed E-state index contributed by atoms with van der Waals surface area (Å²) in [5.74, 6) is 2.79. The molecular weight excluding hydrogens is 194 g/mol. The third-order valence-electron chi connectivity index (χ3n) is 5.04. The minimum Gasteiger partial charge on any atom is -0.311 e. The Morgan fingerprint density at radius 2 is 1.69 bits per heavy atom. The molecule has 2 aliphatic carbocycles. The Bertz CT molecular complexity index is 207. The van der Waals surface area contributed by atoms with Gasteiger partial charge in [0, 0.05) is 12.1 Å². The molecule has 2 fully saturated rings. The first-order valence-electron chi connectivity index (χ1n) is 7.43. The minimum atomic E-state index is 0.750. The summed E-state index contributed by atoms with van der Waals surface area (Å²) in [6, 6.07) is 1.54. The monoisotopic (exact) mass is 223 g/mol. The predicted molar refractivity (Wildman–Crippen MR) is 70.5 cm³/mol. The van der Waals surface area contributed by atoms with Crippen LogP contribution in [0.4, 0.5) is 0 Å². The number of rotatable bonds is 3. The highest BCUT2D eigenvalue weighted by molar-refractivity contribution is 4.86. The summed E-state index contributed by atoms with van der Waals surface area (Å²) >= 11 is 0. The number of nitrogens with one attached hydrogen (secondary N) is 1. The maximum atomic E-state index is 3.94. The van der Waals surface area contributed by atoms with E-state index in [1.54, 1.807) is 0 Å². The minimum absolute atomic E-state index is 0.750. The molecule has 2 aliphatic rings. The van der Waals surface area contributed by atoms with Crippen LogP contribution in [0.2, 0.25) is 0 Å². The van der Waals surface area contributed by atoms with E-state index in [9.17, 15) is 0 Å². The molecule has 1 heteroatoms. The van der Waals surface area contributed by atoms with Gasteiger partial charge in [-0.25, -0.2) is 0 Å². The van der Waals surface area contributed by atoms with Gasteiger partial charge in [0.2, 0.25) is 0 Å². The van der Waals surface area contributed by atoms with Gasteiger partial charge in [-0.3, -0.25) is 0 Å². The van der Waals surface area contributed by atoms with Crippen LogP contribution < -0.4 is 5.32 Å². The van der Waals surface area contributed by atoms with Crippen molar-refractivity contribution >= 4 is 0 Å². The Morgan fingerprint density at radius 1 is 1.00 bits per heavy atom. The van der Waals surface area contributed by atoms with Crippen LogP contribution in [0.1, 0.15) is 65.7 Å². The van der Waals surface area contributed by atoms with E-state index < -0.39 is 0 Å². The molecule has 2 rings (SSSR count). The van der Waals surface area contributed by atoms with Crippen molar-refractivity contribution in [2.75, 3.05) is 0 Å². The first-order valence-corrected chi connectivity index (χ1v) is 7.43. The van der Waals surface area contributed by atoms with E-state index >= 15 is 0 Å². The maximum absolute atomic E-state index is 3.94. The topological polar surface area (TPSA) is 12.0 Å². The van der Waals surface area contributed by atoms with E-state index in [0.717, 1.165) is 29.8 Å². The van der Waals surface area contributed by atoms with E-state index in [2.05, 4.69) is 26.1 Å². The van der Waals surface area contributed by atoms with Gasteiger partial charge in [-0.2, -0.15) is 0 Å². The molecule has 0 spiro atoms. The lowest BCUT2D eigenvalue weighted by molar-refractivity contribution is 0.198. The Labute approximate surface area is 101 Å². The third kappa shape index (κ3) is 3.00. The molecule has 0 aromatic carbocycles. The molecule has 0 bridgehead atoms. The van der Waals surface area contributed by atoms with Crippen molar-refractivity contribution in [1.82, 2.24) is 5.32 Å². The van der Waals surface area contributed by atoms with Crippen molar-refractivity contribution < 1.29 is 0 Å². The van der Waals surface area contributed by atoms with E-state index in [-0.39, 0.29) is 0 Å². The van der Waals surface area contributed by atoms with Crippen LogP contribution in [0.3, 0.4) is 0 Å². The van der Waals surface area contributed by atoms with Crippen LogP contribution >= 0.6 is 0 Å². The summed E-state index contributed by atoms with van der Waals surface area (Å²) < 4.78 is 0. The molecule has 1 N–H and O–H groups in total. The standard InChI is InChI=1S/C15H29N/c1-11-8-9-12(2)15(10-11)16-13(3)14-6-4-5-7-14/h11-16H,4-10H2,1-3H3/t11?,12?,13-,15?/m1/s1. The second kappa shape index (κ2) is 5.53. The van der Waals surface area contributed by atoms with Gasteiger partial charge < -0.3 is 5.32 Å². The number of hydrogen-bond donors (Lipinski definition) is 1. The molecule has 94 valence electrons. The van der Waals surface area contributed by atoms with Crippen LogP contribution in [-0.2, 0) is 0 Å². The SMILES string of the molecule is CC1CCC(C)C(N[C@H](C)C2CCCC2)C1. The van der Waals surface area contributed by atoms with Crippen molar-refractivity contribution in [2.45, 2.75) is 77.8 Å². The highest BCUT2D eigenvalue weighted by Crippen LogP contribution is 2.32. The van der Waals surface area contributed by atoms with Crippen molar-refractivity contribution in [1.29, 1.82) is 0 Å². The molecule has 0 radical (unpaired) electrons. The lowest BCUT2D eigenvalue weighted by Gasteiger charge is -2.36. The lowest BCUT2D eigenvalue weighted by atomic mass is 9.79. The normalized spacial score (nSPS) is 38.8. The zero-order chi connectivity index (χ0) is 11.5. The summed E-state index contributed by atoms with van der Waals surface area (Å²) in [6.45, 7) is 7.27. The Balaban J connectivity index is 1.82. The molecular formula is C15H29N. The number of hydrogen-bond acceptors (Lipinski definition) is 1. The molecule has 0 saturated heterocycles. The largest absolute Gasteiger partial charge is 0.311 e. The first kappa shape index (κ1) is 12.4. The van der Waals surface area contributed by atoms with Gasteiger partial charge in [-0.1, -0.05) is 33.1 Å². The van der Waals surface area contributed by atoms with Gasteiger partial charge in [0.1, 0.15) is 0 Å². The average Bonchev–Trinajstić information content (AvgIpc) is 2.76. The molecule has 0 aromatic rings. The summed E-state index contributed by atoms with van der Waals surface area (Å²) in [5, 5.41) is 3.94. The van der Waals surface area contributed by atoms with Crippen LogP contribution in [0, 0.1) is 17.8 Å². The van der Waals surface area contributed by atoms with Crippen LogP contribution in [0.15, 0.2) is 0 Å². The van der Waals surface area contributed by atoms with Crippen LogP contribution in [-0.4, -0.2) is 12.1 Å². The summed E-state index contributed by atoms with van der Waals surface area (Å²) in [6.07, 6.45) is 10.1. The lowest BCUT2D eigenvalue weighted by Crippen LogP contribution is -2.46. The average molecular weight is 223 g/mol. The molecule has 0 aliphatic heterocycles. The highest BCUT2D eigenvalue weighted by atomic mass is 15.0. The first-order chi connectivity index (χ1) is 7.66. The van der Waals surface area contributed by atoms with E-state index in [1.165, 1.54) is 44.9 Å². The zero-order valence-corrected chi connectivity index (χ0v) is 11.3. The summed E-state index contributed by atoms with van der Waals surface area (Å²) in [5.41, 5.74) is 0. The molecule has 1 nitrogen and oxygen atoms in total. The Hall–Kier alpha value is -0.0400. The molecule has 0 amide bonds. The molecule has 0 aromatic heterocycles. The second-order valence-electron chi connectivity index (χ2n) is 6.50. The second-order valence-corrected chi connectivity index (χ2v) is 6.50. The molecule has 16 heavy (non-hydrogen) atoms. The fourth-order valence-electron chi connectivity index (χ4n) is 3.70. The predicted octanol–water partition coefficient (Wildman–Crippen LogP) is 3.98. The maximum Gasteiger partial charge on any atom is 0.00978 e. The third-order valence-corrected chi connectivity index (χ3v) is 5.04. The van der Waals surface area contributed by atoms with Gasteiger partial charge in [-0.15, -0.1) is 0 Å². The quantitative estimate of drug-likeness (QED) is 0.763. The zero-order valence-electron chi connectivity index (χ0n) is 11.3. The van der Waals surface area contributed by atoms with E-state index in [0.29, 0.717) is 0 Å². The molecule has 3 unspecified atom stereocenters. The van der Waals surface area contributed by atoms with Crippen LogP contribution in [0.25, 0.3) is 0 Å². The molecule has 2 saturated carbocycles. The Kier molecular flexibility index (Phi) is 4.29. The van der Waals surface area contributed by atoms with Gasteiger partial charge in [-0.05, 0) is 50.4 Å². The molecule has 0 heterocycles. The van der Waals surface area contributed by atoms with Gasteiger partial charge in [0.15, 0.2) is 0 Å². The van der Waals surface area contributed by atoms with E-state index in [4.69, 9.17) is 0 Å². The highest BCUT2D eigenvalue weighted by Gasteiger charge is 2.29. The van der Waals surface area contributed by atoms with Crippen molar-refractivity contribution in [2.24, 2.45) is 17.8 Å². The summed E-state index contributed by atoms with van der Waals surface area (Å²) in [7, 11) is 0. The van der Waals surface area contributed by atoms with Crippen molar-refractivity contribution in [3.63, 3.8) is 0 Å². The summed E-state index contributed by atoms with van der Waals surface area (Å²) in [4.78, 5) is 0. The fraction of sp³-hybridized carbons (Fsp3) is 1.00. The van der Waals surface area contributed by atoms with Gasteiger partial charge >= 0.3 is 0 Å². The molecule has 4 atom stereocenters. The van der Waals surface area contributed by atoms with Crippen molar-refractivity contribution in [3.05, 3.63) is 0 Å². The van der Waals surface area contributed by atoms with Crippen LogP contribution in [0.5, 0.6) is 0 Å². The van der Waals surface area contributed by atoms with Crippen molar-refractivity contribution in [3.8, 4) is 0 Å². The van der Waals surface area contributed by atoms with Gasteiger partial charge in [0.05, 0.1) is 0 Å². The Morgan fingerprint density at radius 3 is 2.38 bits per heavy atom. The van der Waals surface area contributed by atoms with E-state index in [1.807, 2.05) is 0 Å².